The number of nitrogens with one attached hydrogen (secondary N) is 1. The lowest BCUT2D eigenvalue weighted by molar-refractivity contribution is 0.0696. The van der Waals surface area contributed by atoms with Gasteiger partial charge in [-0.15, -0.1) is 0 Å². The standard InChI is InChI=1S/C17H15NO3/c19-16(12-4-6-13(7-5-12)17(20)21)18-15-9-8-11-2-1-3-14(11)10-15/h4-10H,1-3H2,(H,18,19)(H,20,21). The summed E-state index contributed by atoms with van der Waals surface area (Å²) in [5.74, 6) is -1.23. The summed E-state index contributed by atoms with van der Waals surface area (Å²) in [5.41, 5.74) is 4.06. The molecule has 0 saturated heterocycles. The highest BCUT2D eigenvalue weighted by Crippen LogP contribution is 2.25. The van der Waals surface area contributed by atoms with Gasteiger partial charge in [-0.05, 0) is 66.8 Å². The maximum atomic E-state index is 12.1. The zero-order chi connectivity index (χ0) is 14.8. The molecule has 2 N–H and O–H groups in total. The molecule has 2 aromatic carbocycles. The van der Waals surface area contributed by atoms with Crippen molar-refractivity contribution >= 4 is 17.6 Å². The van der Waals surface area contributed by atoms with Crippen molar-refractivity contribution < 1.29 is 14.7 Å². The van der Waals surface area contributed by atoms with Crippen molar-refractivity contribution in [3.63, 3.8) is 0 Å². The van der Waals surface area contributed by atoms with Crippen LogP contribution in [0.5, 0.6) is 0 Å². The molecule has 0 saturated carbocycles. The van der Waals surface area contributed by atoms with E-state index in [1.807, 2.05) is 12.1 Å². The van der Waals surface area contributed by atoms with E-state index in [2.05, 4.69) is 11.4 Å². The molecule has 0 heterocycles. The molecule has 0 spiro atoms. The summed E-state index contributed by atoms with van der Waals surface area (Å²) in [4.78, 5) is 22.9. The van der Waals surface area contributed by atoms with E-state index < -0.39 is 5.97 Å². The molecule has 1 amide bonds. The summed E-state index contributed by atoms with van der Waals surface area (Å²) in [7, 11) is 0. The van der Waals surface area contributed by atoms with Gasteiger partial charge in [0.25, 0.3) is 5.91 Å². The highest BCUT2D eigenvalue weighted by atomic mass is 16.4. The number of anilines is 1. The van der Waals surface area contributed by atoms with Crippen molar-refractivity contribution in [3.05, 3.63) is 64.7 Å². The molecule has 0 radical (unpaired) electrons. The summed E-state index contributed by atoms with van der Waals surface area (Å²) in [6.07, 6.45) is 3.34. The van der Waals surface area contributed by atoms with Gasteiger partial charge < -0.3 is 10.4 Å². The Labute approximate surface area is 122 Å². The van der Waals surface area contributed by atoms with Crippen molar-refractivity contribution in [3.8, 4) is 0 Å². The highest BCUT2D eigenvalue weighted by molar-refractivity contribution is 6.04. The second-order valence-electron chi connectivity index (χ2n) is 5.17. The Hall–Kier alpha value is -2.62. The van der Waals surface area contributed by atoms with Gasteiger partial charge in [-0.1, -0.05) is 6.07 Å². The highest BCUT2D eigenvalue weighted by Gasteiger charge is 2.13. The second kappa shape index (κ2) is 5.40. The number of benzene rings is 2. The van der Waals surface area contributed by atoms with Crippen molar-refractivity contribution in [1.82, 2.24) is 0 Å². The topological polar surface area (TPSA) is 66.4 Å². The SMILES string of the molecule is O=C(O)c1ccc(C(=O)Nc2ccc3c(c2)CCC3)cc1. The third-order valence-corrected chi connectivity index (χ3v) is 3.75. The number of aryl methyl sites for hydroxylation is 2. The van der Waals surface area contributed by atoms with Crippen LogP contribution in [0.3, 0.4) is 0 Å². The second-order valence-corrected chi connectivity index (χ2v) is 5.17. The molecule has 2 aromatic rings. The number of carbonyl (C=O) groups is 2. The van der Waals surface area contributed by atoms with Crippen molar-refractivity contribution in [2.75, 3.05) is 5.32 Å². The van der Waals surface area contributed by atoms with Crippen LogP contribution in [-0.2, 0) is 12.8 Å². The molecular formula is C17H15NO3. The molecule has 1 aliphatic rings. The number of aromatic carboxylic acids is 1. The first-order valence-corrected chi connectivity index (χ1v) is 6.90. The van der Waals surface area contributed by atoms with Crippen LogP contribution in [0.15, 0.2) is 42.5 Å². The van der Waals surface area contributed by atoms with Gasteiger partial charge in [-0.3, -0.25) is 4.79 Å². The summed E-state index contributed by atoms with van der Waals surface area (Å²) < 4.78 is 0. The third-order valence-electron chi connectivity index (χ3n) is 3.75. The Morgan fingerprint density at radius 2 is 1.57 bits per heavy atom. The Bertz CT molecular complexity index is 704. The summed E-state index contributed by atoms with van der Waals surface area (Å²) in [6.45, 7) is 0. The van der Waals surface area contributed by atoms with E-state index in [0.29, 0.717) is 5.56 Å². The zero-order valence-electron chi connectivity index (χ0n) is 11.4. The summed E-state index contributed by atoms with van der Waals surface area (Å²) >= 11 is 0. The Morgan fingerprint density at radius 1 is 0.905 bits per heavy atom. The van der Waals surface area contributed by atoms with Gasteiger partial charge >= 0.3 is 5.97 Å². The number of fused-ring (bicyclic) bond motifs is 1. The number of hydrogen-bond donors (Lipinski definition) is 2. The minimum atomic E-state index is -0.999. The van der Waals surface area contributed by atoms with Crippen LogP contribution in [0, 0.1) is 0 Å². The van der Waals surface area contributed by atoms with Gasteiger partial charge in [0.15, 0.2) is 0 Å². The van der Waals surface area contributed by atoms with E-state index in [1.165, 1.54) is 41.8 Å². The molecule has 4 heteroatoms. The van der Waals surface area contributed by atoms with Crippen LogP contribution in [0.25, 0.3) is 0 Å². The van der Waals surface area contributed by atoms with Crippen LogP contribution in [0.2, 0.25) is 0 Å². The average Bonchev–Trinajstić information content (AvgIpc) is 2.95. The van der Waals surface area contributed by atoms with Gasteiger partial charge in [-0.25, -0.2) is 4.79 Å². The smallest absolute Gasteiger partial charge is 0.335 e. The van der Waals surface area contributed by atoms with Crippen molar-refractivity contribution in [1.29, 1.82) is 0 Å². The zero-order valence-corrected chi connectivity index (χ0v) is 11.4. The van der Waals surface area contributed by atoms with E-state index in [9.17, 15) is 9.59 Å². The van der Waals surface area contributed by atoms with E-state index >= 15 is 0 Å². The molecule has 0 fully saturated rings. The molecule has 4 nitrogen and oxygen atoms in total. The van der Waals surface area contributed by atoms with Crippen LogP contribution >= 0.6 is 0 Å². The molecule has 0 aromatic heterocycles. The molecular weight excluding hydrogens is 266 g/mol. The van der Waals surface area contributed by atoms with Gasteiger partial charge in [0, 0.05) is 11.3 Å². The number of carbonyl (C=O) groups excluding carboxylic acids is 1. The Kier molecular flexibility index (Phi) is 3.44. The minimum Gasteiger partial charge on any atom is -0.478 e. The number of carboxylic acid groups (broad SMARTS) is 1. The lowest BCUT2D eigenvalue weighted by atomic mass is 10.1. The Morgan fingerprint density at radius 3 is 2.29 bits per heavy atom. The van der Waals surface area contributed by atoms with Crippen molar-refractivity contribution in [2.45, 2.75) is 19.3 Å². The molecule has 0 unspecified atom stereocenters. The average molecular weight is 281 g/mol. The van der Waals surface area contributed by atoms with Gasteiger partial charge in [0.2, 0.25) is 0 Å². The predicted octanol–water partition coefficient (Wildman–Crippen LogP) is 3.13. The van der Waals surface area contributed by atoms with Gasteiger partial charge in [0.1, 0.15) is 0 Å². The van der Waals surface area contributed by atoms with E-state index in [-0.39, 0.29) is 11.5 Å². The Balaban J connectivity index is 1.75. The first-order chi connectivity index (χ1) is 10.1. The monoisotopic (exact) mass is 281 g/mol. The maximum Gasteiger partial charge on any atom is 0.335 e. The van der Waals surface area contributed by atoms with Crippen LogP contribution in [-0.4, -0.2) is 17.0 Å². The quantitative estimate of drug-likeness (QED) is 0.908. The fourth-order valence-electron chi connectivity index (χ4n) is 2.62. The van der Waals surface area contributed by atoms with E-state index in [4.69, 9.17) is 5.11 Å². The summed E-state index contributed by atoms with van der Waals surface area (Å²) in [6, 6.07) is 11.9. The number of rotatable bonds is 3. The first-order valence-electron chi connectivity index (χ1n) is 6.90. The van der Waals surface area contributed by atoms with Gasteiger partial charge in [0.05, 0.1) is 5.56 Å². The first kappa shape index (κ1) is 13.4. The number of hydrogen-bond acceptors (Lipinski definition) is 2. The van der Waals surface area contributed by atoms with E-state index in [1.54, 1.807) is 0 Å². The maximum absolute atomic E-state index is 12.1. The predicted molar refractivity (Wildman–Crippen MR) is 79.8 cm³/mol. The fourth-order valence-corrected chi connectivity index (χ4v) is 2.62. The molecule has 0 atom stereocenters. The van der Waals surface area contributed by atoms with Crippen molar-refractivity contribution in [2.24, 2.45) is 0 Å². The third kappa shape index (κ3) is 2.79. The molecule has 1 aliphatic carbocycles. The number of amides is 1. The molecule has 106 valence electrons. The lowest BCUT2D eigenvalue weighted by Crippen LogP contribution is -2.12. The largest absolute Gasteiger partial charge is 0.478 e. The van der Waals surface area contributed by atoms with Crippen LogP contribution < -0.4 is 5.32 Å². The molecule has 21 heavy (non-hydrogen) atoms. The minimum absolute atomic E-state index is 0.170. The summed E-state index contributed by atoms with van der Waals surface area (Å²) in [5, 5.41) is 11.7. The van der Waals surface area contributed by atoms with Crippen LogP contribution in [0.1, 0.15) is 38.3 Å². The van der Waals surface area contributed by atoms with Crippen LogP contribution in [0.4, 0.5) is 5.69 Å². The van der Waals surface area contributed by atoms with E-state index in [0.717, 1.165) is 18.5 Å². The molecule has 0 bridgehead atoms. The number of carboxylic acids is 1. The normalized spacial score (nSPS) is 12.8. The lowest BCUT2D eigenvalue weighted by Gasteiger charge is -2.07. The van der Waals surface area contributed by atoms with Gasteiger partial charge in [-0.2, -0.15) is 0 Å². The fraction of sp³-hybridized carbons (Fsp3) is 0.176. The molecule has 0 aliphatic heterocycles. The molecule has 3 rings (SSSR count).